The molecule has 0 saturated heterocycles. The van der Waals surface area contributed by atoms with Gasteiger partial charge >= 0.3 is 0 Å². The standard InChI is InChI=1S/C6H8NO/c1-2-3-6-7-4-5-8-6/h5H,2-3H2,1H3. The van der Waals surface area contributed by atoms with Crippen molar-refractivity contribution in [1.29, 1.82) is 0 Å². The van der Waals surface area contributed by atoms with Crippen LogP contribution in [0.4, 0.5) is 0 Å². The molecule has 0 saturated carbocycles. The Labute approximate surface area is 48.5 Å². The molecule has 1 heterocycles. The number of hydrogen-bond acceptors (Lipinski definition) is 2. The van der Waals surface area contributed by atoms with Crippen molar-refractivity contribution >= 4 is 0 Å². The molecule has 1 aromatic heterocycles. The third-order valence-corrected chi connectivity index (χ3v) is 0.901. The van der Waals surface area contributed by atoms with Crippen molar-refractivity contribution in [2.45, 2.75) is 19.8 Å². The molecule has 0 aromatic carbocycles. The zero-order valence-electron chi connectivity index (χ0n) is 4.85. The van der Waals surface area contributed by atoms with Gasteiger partial charge < -0.3 is 4.42 Å². The Balaban J connectivity index is 2.50. The molecular weight excluding hydrogens is 102 g/mol. The van der Waals surface area contributed by atoms with Crippen LogP contribution in [-0.2, 0) is 6.42 Å². The van der Waals surface area contributed by atoms with Gasteiger partial charge in [0.05, 0.1) is 0 Å². The Morgan fingerprint density at radius 3 is 3.25 bits per heavy atom. The van der Waals surface area contributed by atoms with Crippen LogP contribution in [0, 0.1) is 6.20 Å². The van der Waals surface area contributed by atoms with Crippen LogP contribution in [0.3, 0.4) is 0 Å². The first-order chi connectivity index (χ1) is 3.93. The summed E-state index contributed by atoms with van der Waals surface area (Å²) in [7, 11) is 0. The lowest BCUT2D eigenvalue weighted by Crippen LogP contribution is -1.79. The van der Waals surface area contributed by atoms with E-state index in [0.717, 1.165) is 18.7 Å². The van der Waals surface area contributed by atoms with Crippen LogP contribution in [-0.4, -0.2) is 4.98 Å². The van der Waals surface area contributed by atoms with E-state index in [2.05, 4.69) is 18.1 Å². The Bertz CT molecular complexity index is 134. The third kappa shape index (κ3) is 1.09. The Hall–Kier alpha value is -0.790. The van der Waals surface area contributed by atoms with Crippen LogP contribution in [0.1, 0.15) is 19.2 Å². The van der Waals surface area contributed by atoms with Gasteiger partial charge in [-0.2, -0.15) is 0 Å². The van der Waals surface area contributed by atoms with Gasteiger partial charge in [0.15, 0.2) is 5.89 Å². The molecule has 1 radical (unpaired) electrons. The van der Waals surface area contributed by atoms with E-state index < -0.39 is 0 Å². The van der Waals surface area contributed by atoms with E-state index in [1.54, 1.807) is 0 Å². The zero-order valence-corrected chi connectivity index (χ0v) is 4.85. The lowest BCUT2D eigenvalue weighted by molar-refractivity contribution is 0.491. The maximum atomic E-state index is 4.91. The van der Waals surface area contributed by atoms with E-state index in [0.29, 0.717) is 0 Å². The van der Waals surface area contributed by atoms with Gasteiger partial charge in [0.1, 0.15) is 12.5 Å². The highest BCUT2D eigenvalue weighted by atomic mass is 16.3. The minimum atomic E-state index is 0.785. The van der Waals surface area contributed by atoms with Gasteiger partial charge in [-0.05, 0) is 6.42 Å². The van der Waals surface area contributed by atoms with E-state index in [4.69, 9.17) is 4.42 Å². The second-order valence-corrected chi connectivity index (χ2v) is 1.62. The van der Waals surface area contributed by atoms with Gasteiger partial charge in [-0.25, -0.2) is 4.98 Å². The molecule has 2 nitrogen and oxygen atoms in total. The second kappa shape index (κ2) is 2.50. The highest BCUT2D eigenvalue weighted by Gasteiger charge is 1.91. The monoisotopic (exact) mass is 110 g/mol. The first-order valence-electron chi connectivity index (χ1n) is 2.74. The maximum absolute atomic E-state index is 4.91. The fourth-order valence-corrected chi connectivity index (χ4v) is 0.548. The summed E-state index contributed by atoms with van der Waals surface area (Å²) in [6.45, 7) is 2.09. The number of aromatic nitrogens is 1. The quantitative estimate of drug-likeness (QED) is 0.575. The van der Waals surface area contributed by atoms with E-state index >= 15 is 0 Å². The topological polar surface area (TPSA) is 26.0 Å². The highest BCUT2D eigenvalue weighted by molar-refractivity contribution is 4.76. The fraction of sp³-hybridized carbons (Fsp3) is 0.500. The second-order valence-electron chi connectivity index (χ2n) is 1.62. The molecule has 0 unspecified atom stereocenters. The van der Waals surface area contributed by atoms with Crippen molar-refractivity contribution in [3.05, 3.63) is 18.4 Å². The predicted molar refractivity (Wildman–Crippen MR) is 29.3 cm³/mol. The molecule has 0 bridgehead atoms. The number of rotatable bonds is 2. The number of nitrogens with zero attached hydrogens (tertiary/aromatic N) is 1. The molecule has 0 amide bonds. The van der Waals surface area contributed by atoms with Crippen molar-refractivity contribution in [2.24, 2.45) is 0 Å². The first kappa shape index (κ1) is 5.35. The van der Waals surface area contributed by atoms with Gasteiger partial charge in [0.25, 0.3) is 0 Å². The third-order valence-electron chi connectivity index (χ3n) is 0.901. The zero-order chi connectivity index (χ0) is 5.82. The van der Waals surface area contributed by atoms with Crippen LogP contribution in [0.25, 0.3) is 0 Å². The Kier molecular flexibility index (Phi) is 1.67. The highest BCUT2D eigenvalue weighted by Crippen LogP contribution is 1.96. The molecule has 0 fully saturated rings. The molecule has 8 heavy (non-hydrogen) atoms. The lowest BCUT2D eigenvalue weighted by atomic mass is 10.3. The summed E-state index contributed by atoms with van der Waals surface area (Å²) in [5.74, 6) is 0.785. The van der Waals surface area contributed by atoms with E-state index in [-0.39, 0.29) is 0 Å². The predicted octanol–water partition coefficient (Wildman–Crippen LogP) is 1.43. The molecule has 0 aliphatic rings. The van der Waals surface area contributed by atoms with Crippen LogP contribution < -0.4 is 0 Å². The van der Waals surface area contributed by atoms with Crippen LogP contribution in [0.5, 0.6) is 0 Å². The van der Waals surface area contributed by atoms with Gasteiger partial charge in [0, 0.05) is 6.42 Å². The van der Waals surface area contributed by atoms with Crippen molar-refractivity contribution in [2.75, 3.05) is 0 Å². The molecule has 0 N–H and O–H groups in total. The average molecular weight is 110 g/mol. The summed E-state index contributed by atoms with van der Waals surface area (Å²) in [5, 5.41) is 0. The van der Waals surface area contributed by atoms with Crippen molar-refractivity contribution < 1.29 is 4.42 Å². The molecule has 0 aliphatic heterocycles. The van der Waals surface area contributed by atoms with Gasteiger partial charge in [0.2, 0.25) is 0 Å². The van der Waals surface area contributed by atoms with Crippen LogP contribution >= 0.6 is 0 Å². The molecule has 0 aliphatic carbocycles. The van der Waals surface area contributed by atoms with E-state index in [1.165, 1.54) is 6.26 Å². The van der Waals surface area contributed by atoms with E-state index in [1.807, 2.05) is 0 Å². The summed E-state index contributed by atoms with van der Waals surface area (Å²) in [6.07, 6.45) is 6.07. The largest absolute Gasteiger partial charge is 0.448 e. The van der Waals surface area contributed by atoms with Gasteiger partial charge in [-0.15, -0.1) is 0 Å². The maximum Gasteiger partial charge on any atom is 0.194 e. The smallest absolute Gasteiger partial charge is 0.194 e. The minimum absolute atomic E-state index is 0.785. The summed E-state index contributed by atoms with van der Waals surface area (Å²) in [5.41, 5.74) is 0. The average Bonchev–Trinajstić information content (AvgIpc) is 2.19. The van der Waals surface area contributed by atoms with Gasteiger partial charge in [-0.3, -0.25) is 0 Å². The van der Waals surface area contributed by atoms with Crippen molar-refractivity contribution in [3.8, 4) is 0 Å². The van der Waals surface area contributed by atoms with E-state index in [9.17, 15) is 0 Å². The Morgan fingerprint density at radius 2 is 2.75 bits per heavy atom. The normalized spacial score (nSPS) is 9.62. The first-order valence-corrected chi connectivity index (χ1v) is 2.74. The molecule has 2 heteroatoms. The number of hydrogen-bond donors (Lipinski definition) is 0. The summed E-state index contributed by atoms with van der Waals surface area (Å²) < 4.78 is 4.91. The molecule has 43 valence electrons. The van der Waals surface area contributed by atoms with Crippen molar-refractivity contribution in [1.82, 2.24) is 4.98 Å². The Morgan fingerprint density at radius 1 is 1.88 bits per heavy atom. The minimum Gasteiger partial charge on any atom is -0.448 e. The SMILES string of the molecule is CCCc1n[c]co1. The van der Waals surface area contributed by atoms with Crippen LogP contribution in [0.15, 0.2) is 10.7 Å². The molecular formula is C6H8NO. The molecule has 1 rings (SSSR count). The molecule has 1 aromatic rings. The van der Waals surface area contributed by atoms with Crippen molar-refractivity contribution in [3.63, 3.8) is 0 Å². The summed E-state index contributed by atoms with van der Waals surface area (Å²) in [6, 6.07) is 0. The molecule has 0 spiro atoms. The fourth-order valence-electron chi connectivity index (χ4n) is 0.548. The van der Waals surface area contributed by atoms with Crippen LogP contribution in [0.2, 0.25) is 0 Å². The van der Waals surface area contributed by atoms with Gasteiger partial charge in [-0.1, -0.05) is 6.92 Å². The summed E-state index contributed by atoms with van der Waals surface area (Å²) >= 11 is 0. The summed E-state index contributed by atoms with van der Waals surface area (Å²) in [4.78, 5) is 3.81. The molecule has 0 atom stereocenters. The number of oxazole rings is 1. The number of aryl methyl sites for hydroxylation is 1. The lowest BCUT2D eigenvalue weighted by Gasteiger charge is -1.83.